The molecule has 0 saturated carbocycles. The topological polar surface area (TPSA) is 74.6 Å². The van der Waals surface area contributed by atoms with Gasteiger partial charge in [-0.15, -0.1) is 0 Å². The fourth-order valence-electron chi connectivity index (χ4n) is 3.51. The van der Waals surface area contributed by atoms with Crippen LogP contribution in [0.25, 0.3) is 0 Å². The molecule has 0 atom stereocenters. The third-order valence-corrected chi connectivity index (χ3v) is 5.47. The van der Waals surface area contributed by atoms with Crippen LogP contribution in [0.1, 0.15) is 142 Å². The molecule has 0 fully saturated rings. The molecule has 0 aliphatic heterocycles. The summed E-state index contributed by atoms with van der Waals surface area (Å²) in [6.45, 7) is 4.48. The van der Waals surface area contributed by atoms with Crippen LogP contribution in [0.4, 0.5) is 0 Å². The quantitative estimate of drug-likeness (QED) is 0.0855. The van der Waals surface area contributed by atoms with E-state index in [1.54, 1.807) is 12.2 Å². The van der Waals surface area contributed by atoms with Gasteiger partial charge >= 0.3 is 11.9 Å². The third kappa shape index (κ3) is 41.7. The van der Waals surface area contributed by atoms with Gasteiger partial charge in [0.1, 0.15) is 0 Å². The SMILES string of the molecule is CCCCCCCCCCCC=CC(=O)O.CCCCCCCCCCCC=CC(=O)O.[Cu]. The van der Waals surface area contributed by atoms with E-state index in [2.05, 4.69) is 13.8 Å². The molecule has 0 saturated heterocycles. The van der Waals surface area contributed by atoms with Crippen LogP contribution >= 0.6 is 0 Å². The van der Waals surface area contributed by atoms with Gasteiger partial charge in [-0.05, 0) is 25.7 Å². The van der Waals surface area contributed by atoms with Crippen molar-refractivity contribution in [2.24, 2.45) is 0 Å². The summed E-state index contributed by atoms with van der Waals surface area (Å²) in [4.78, 5) is 20.3. The molecule has 0 aliphatic rings. The molecule has 0 unspecified atom stereocenters. The molecule has 0 rings (SSSR count). The molecule has 1 radical (unpaired) electrons. The van der Waals surface area contributed by atoms with Crippen LogP contribution in [0, 0.1) is 0 Å². The largest absolute Gasteiger partial charge is 0.478 e. The number of rotatable bonds is 22. The zero-order valence-corrected chi connectivity index (χ0v) is 22.4. The Morgan fingerprint density at radius 3 is 0.970 bits per heavy atom. The summed E-state index contributed by atoms with van der Waals surface area (Å²) < 4.78 is 0. The number of carboxylic acids is 2. The molecule has 33 heavy (non-hydrogen) atoms. The summed E-state index contributed by atoms with van der Waals surface area (Å²) in [7, 11) is 0. The first-order valence-electron chi connectivity index (χ1n) is 13.3. The minimum atomic E-state index is -0.837. The van der Waals surface area contributed by atoms with E-state index in [0.717, 1.165) is 25.7 Å². The average Bonchev–Trinajstić information content (AvgIpc) is 2.76. The summed E-state index contributed by atoms with van der Waals surface area (Å²) >= 11 is 0. The van der Waals surface area contributed by atoms with Crippen molar-refractivity contribution >= 4 is 11.9 Å². The summed E-state index contributed by atoms with van der Waals surface area (Å²) in [5.74, 6) is -1.67. The van der Waals surface area contributed by atoms with Crippen molar-refractivity contribution < 1.29 is 36.9 Å². The average molecular weight is 516 g/mol. The smallest absolute Gasteiger partial charge is 0.327 e. The van der Waals surface area contributed by atoms with Gasteiger partial charge in [0.15, 0.2) is 0 Å². The maximum atomic E-state index is 10.2. The Hall–Kier alpha value is -1.06. The first kappa shape index (κ1) is 36.5. The Morgan fingerprint density at radius 2 is 0.727 bits per heavy atom. The van der Waals surface area contributed by atoms with Crippen LogP contribution in [0.15, 0.2) is 24.3 Å². The Balaban J connectivity index is -0.000000529. The maximum absolute atomic E-state index is 10.2. The molecule has 5 heteroatoms. The molecule has 199 valence electrons. The molecular weight excluding hydrogens is 464 g/mol. The summed E-state index contributed by atoms with van der Waals surface area (Å²) in [5.41, 5.74) is 0. The molecule has 0 heterocycles. The molecule has 0 aromatic heterocycles. The first-order chi connectivity index (χ1) is 15.5. The molecular formula is C28H52CuO4. The van der Waals surface area contributed by atoms with E-state index in [-0.39, 0.29) is 17.1 Å². The molecule has 0 amide bonds. The third-order valence-electron chi connectivity index (χ3n) is 5.47. The van der Waals surface area contributed by atoms with Gasteiger partial charge in [-0.2, -0.15) is 0 Å². The second kappa shape index (κ2) is 33.1. The Bertz CT molecular complexity index is 419. The summed E-state index contributed by atoms with van der Waals surface area (Å²) in [5, 5.41) is 16.7. The van der Waals surface area contributed by atoms with Crippen molar-refractivity contribution in [1.82, 2.24) is 0 Å². The monoisotopic (exact) mass is 515 g/mol. The fraction of sp³-hybridized carbons (Fsp3) is 0.786. The second-order valence-corrected chi connectivity index (χ2v) is 8.72. The van der Waals surface area contributed by atoms with Gasteiger partial charge in [0, 0.05) is 29.2 Å². The predicted octanol–water partition coefficient (Wildman–Crippen LogP) is 9.09. The van der Waals surface area contributed by atoms with Gasteiger partial charge in [0.2, 0.25) is 0 Å². The number of hydrogen-bond donors (Lipinski definition) is 2. The predicted molar refractivity (Wildman–Crippen MR) is 137 cm³/mol. The summed E-state index contributed by atoms with van der Waals surface area (Å²) in [6.07, 6.45) is 31.4. The zero-order valence-electron chi connectivity index (χ0n) is 21.5. The van der Waals surface area contributed by atoms with Crippen molar-refractivity contribution in [1.29, 1.82) is 0 Å². The van der Waals surface area contributed by atoms with Gasteiger partial charge in [-0.1, -0.05) is 129 Å². The maximum Gasteiger partial charge on any atom is 0.327 e. The van der Waals surface area contributed by atoms with Gasteiger partial charge in [-0.3, -0.25) is 0 Å². The van der Waals surface area contributed by atoms with Crippen molar-refractivity contribution in [3.8, 4) is 0 Å². The van der Waals surface area contributed by atoms with Gasteiger partial charge in [0.05, 0.1) is 0 Å². The molecule has 0 bridgehead atoms. The summed E-state index contributed by atoms with van der Waals surface area (Å²) in [6, 6.07) is 0. The Kier molecular flexibility index (Phi) is 36.6. The number of carboxylic acid groups (broad SMARTS) is 2. The molecule has 0 spiro atoms. The Morgan fingerprint density at radius 1 is 0.485 bits per heavy atom. The minimum absolute atomic E-state index is 0. The fourth-order valence-corrected chi connectivity index (χ4v) is 3.51. The molecule has 0 aromatic rings. The number of hydrogen-bond acceptors (Lipinski definition) is 2. The first-order valence-corrected chi connectivity index (χ1v) is 13.3. The van der Waals surface area contributed by atoms with E-state index < -0.39 is 11.9 Å². The van der Waals surface area contributed by atoms with Crippen molar-refractivity contribution in [2.45, 2.75) is 142 Å². The minimum Gasteiger partial charge on any atom is -0.478 e. The van der Waals surface area contributed by atoms with Crippen molar-refractivity contribution in [3.05, 3.63) is 24.3 Å². The van der Waals surface area contributed by atoms with Crippen LogP contribution in [0.3, 0.4) is 0 Å². The van der Waals surface area contributed by atoms with Crippen LogP contribution in [0.2, 0.25) is 0 Å². The van der Waals surface area contributed by atoms with E-state index >= 15 is 0 Å². The standard InChI is InChI=1S/2C14H26O2.Cu/c2*1-2-3-4-5-6-7-8-9-10-11-12-13-14(15)16;/h2*12-13H,2-11H2,1H3,(H,15,16);. The van der Waals surface area contributed by atoms with E-state index in [0.29, 0.717) is 0 Å². The number of allylic oxidation sites excluding steroid dienone is 2. The molecule has 4 nitrogen and oxygen atoms in total. The van der Waals surface area contributed by atoms with Crippen LogP contribution in [-0.4, -0.2) is 22.2 Å². The Labute approximate surface area is 215 Å². The van der Waals surface area contributed by atoms with Crippen molar-refractivity contribution in [3.63, 3.8) is 0 Å². The number of aliphatic carboxylic acids is 2. The molecule has 0 aromatic carbocycles. The van der Waals surface area contributed by atoms with E-state index in [1.807, 2.05) is 0 Å². The molecule has 2 N–H and O–H groups in total. The molecule has 0 aliphatic carbocycles. The number of carbonyl (C=O) groups is 2. The zero-order chi connectivity index (χ0) is 24.1. The van der Waals surface area contributed by atoms with E-state index in [9.17, 15) is 9.59 Å². The van der Waals surface area contributed by atoms with Crippen LogP contribution in [0.5, 0.6) is 0 Å². The van der Waals surface area contributed by atoms with Gasteiger partial charge < -0.3 is 10.2 Å². The van der Waals surface area contributed by atoms with Gasteiger partial charge in [-0.25, -0.2) is 9.59 Å². The van der Waals surface area contributed by atoms with E-state index in [1.165, 1.54) is 115 Å². The van der Waals surface area contributed by atoms with Crippen LogP contribution in [-0.2, 0) is 26.7 Å². The van der Waals surface area contributed by atoms with E-state index in [4.69, 9.17) is 10.2 Å². The van der Waals surface area contributed by atoms with Crippen LogP contribution < -0.4 is 0 Å². The normalized spacial score (nSPS) is 10.7. The number of unbranched alkanes of at least 4 members (excludes halogenated alkanes) is 18. The second-order valence-electron chi connectivity index (χ2n) is 8.72. The van der Waals surface area contributed by atoms with Crippen molar-refractivity contribution in [2.75, 3.05) is 0 Å². The van der Waals surface area contributed by atoms with Gasteiger partial charge in [0.25, 0.3) is 0 Å².